The Bertz CT molecular complexity index is 500. The van der Waals surface area contributed by atoms with Crippen molar-refractivity contribution in [2.24, 2.45) is 23.5 Å². The van der Waals surface area contributed by atoms with E-state index in [0.717, 1.165) is 41.5 Å². The van der Waals surface area contributed by atoms with Crippen LogP contribution >= 0.6 is 0 Å². The van der Waals surface area contributed by atoms with E-state index in [1.807, 2.05) is 6.20 Å². The van der Waals surface area contributed by atoms with Gasteiger partial charge in [-0.3, -0.25) is 0 Å². The van der Waals surface area contributed by atoms with Gasteiger partial charge < -0.3 is 10.6 Å². The van der Waals surface area contributed by atoms with Crippen molar-refractivity contribution in [3.63, 3.8) is 0 Å². The fourth-order valence-corrected chi connectivity index (χ4v) is 4.22. The van der Waals surface area contributed by atoms with Crippen LogP contribution in [0.4, 0.5) is 5.69 Å². The molecule has 0 aliphatic heterocycles. The minimum Gasteiger partial charge on any atom is -0.372 e. The van der Waals surface area contributed by atoms with Crippen molar-refractivity contribution in [2.45, 2.75) is 52.0 Å². The molecule has 1 aromatic rings. The Balaban J connectivity index is 1.73. The molecular weight excluding hydrogens is 260 g/mol. The molecule has 0 amide bonds. The van der Waals surface area contributed by atoms with Crippen molar-refractivity contribution < 1.29 is 0 Å². The summed E-state index contributed by atoms with van der Waals surface area (Å²) in [5, 5.41) is 0. The summed E-state index contributed by atoms with van der Waals surface area (Å²) in [5.74, 6) is 4.05. The molecular formula is C17H28N4. The SMILES string of the molecule is CC(C)c1ncc(N(C)CC2CC3CCC2C3)c(CN)n1. The van der Waals surface area contributed by atoms with E-state index in [1.165, 1.54) is 25.7 Å². The summed E-state index contributed by atoms with van der Waals surface area (Å²) in [4.78, 5) is 11.5. The predicted octanol–water partition coefficient (Wildman–Crippen LogP) is 2.93. The van der Waals surface area contributed by atoms with Gasteiger partial charge in [-0.2, -0.15) is 0 Å². The first-order valence-corrected chi connectivity index (χ1v) is 8.35. The maximum Gasteiger partial charge on any atom is 0.131 e. The van der Waals surface area contributed by atoms with Gasteiger partial charge in [-0.05, 0) is 37.0 Å². The third kappa shape index (κ3) is 2.91. The largest absolute Gasteiger partial charge is 0.372 e. The van der Waals surface area contributed by atoms with Crippen molar-refractivity contribution in [3.05, 3.63) is 17.7 Å². The molecule has 1 aromatic heterocycles. The van der Waals surface area contributed by atoms with Gasteiger partial charge in [0.1, 0.15) is 5.82 Å². The fourth-order valence-electron chi connectivity index (χ4n) is 4.22. The van der Waals surface area contributed by atoms with Gasteiger partial charge in [-0.25, -0.2) is 9.97 Å². The molecule has 2 fully saturated rings. The van der Waals surface area contributed by atoms with Crippen LogP contribution in [0.5, 0.6) is 0 Å². The van der Waals surface area contributed by atoms with Crippen molar-refractivity contribution in [3.8, 4) is 0 Å². The molecule has 0 saturated heterocycles. The summed E-state index contributed by atoms with van der Waals surface area (Å²) in [6.45, 7) is 5.85. The Kier molecular flexibility index (Phi) is 4.16. The molecule has 2 bridgehead atoms. The molecule has 2 aliphatic carbocycles. The van der Waals surface area contributed by atoms with E-state index in [2.05, 4.69) is 35.8 Å². The Morgan fingerprint density at radius 2 is 2.14 bits per heavy atom. The quantitative estimate of drug-likeness (QED) is 0.905. The van der Waals surface area contributed by atoms with Crippen LogP contribution < -0.4 is 10.6 Å². The molecule has 0 spiro atoms. The number of nitrogens with two attached hydrogens (primary N) is 1. The highest BCUT2D eigenvalue weighted by Crippen LogP contribution is 2.48. The summed E-state index contributed by atoms with van der Waals surface area (Å²) in [6, 6.07) is 0. The lowest BCUT2D eigenvalue weighted by Crippen LogP contribution is -2.30. The maximum atomic E-state index is 5.91. The lowest BCUT2D eigenvalue weighted by Gasteiger charge is -2.29. The van der Waals surface area contributed by atoms with Crippen LogP contribution in [-0.4, -0.2) is 23.6 Å². The van der Waals surface area contributed by atoms with Gasteiger partial charge in [-0.1, -0.05) is 20.3 Å². The van der Waals surface area contributed by atoms with Crippen molar-refractivity contribution in [2.75, 3.05) is 18.5 Å². The van der Waals surface area contributed by atoms with Gasteiger partial charge in [0.05, 0.1) is 17.6 Å². The molecule has 2 N–H and O–H groups in total. The second-order valence-corrected chi connectivity index (χ2v) is 7.23. The first kappa shape index (κ1) is 14.8. The summed E-state index contributed by atoms with van der Waals surface area (Å²) >= 11 is 0. The highest BCUT2D eigenvalue weighted by Gasteiger charge is 2.39. The number of hydrogen-bond acceptors (Lipinski definition) is 4. The molecule has 21 heavy (non-hydrogen) atoms. The summed E-state index contributed by atoms with van der Waals surface area (Å²) in [7, 11) is 2.17. The number of hydrogen-bond donors (Lipinski definition) is 1. The summed E-state index contributed by atoms with van der Waals surface area (Å²) in [5.41, 5.74) is 8.01. The molecule has 0 aromatic carbocycles. The van der Waals surface area contributed by atoms with E-state index in [9.17, 15) is 0 Å². The Morgan fingerprint density at radius 1 is 1.33 bits per heavy atom. The number of anilines is 1. The standard InChI is InChI=1S/C17H28N4/c1-11(2)17-19-9-16(15(8-18)20-17)21(3)10-14-7-12-4-5-13(14)6-12/h9,11-14H,4-8,10,18H2,1-3H3. The second-order valence-electron chi connectivity index (χ2n) is 7.23. The van der Waals surface area contributed by atoms with Gasteiger partial charge in [0.2, 0.25) is 0 Å². The van der Waals surface area contributed by atoms with Crippen LogP contribution in [0.25, 0.3) is 0 Å². The average molecular weight is 288 g/mol. The minimum absolute atomic E-state index is 0.347. The Morgan fingerprint density at radius 3 is 2.71 bits per heavy atom. The summed E-state index contributed by atoms with van der Waals surface area (Å²) < 4.78 is 0. The van der Waals surface area contributed by atoms with Gasteiger partial charge in [0.25, 0.3) is 0 Å². The highest BCUT2D eigenvalue weighted by atomic mass is 15.1. The topological polar surface area (TPSA) is 55.0 Å². The Labute approximate surface area is 128 Å². The lowest BCUT2D eigenvalue weighted by molar-refractivity contribution is 0.337. The fraction of sp³-hybridized carbons (Fsp3) is 0.765. The number of rotatable bonds is 5. The monoisotopic (exact) mass is 288 g/mol. The van der Waals surface area contributed by atoms with Gasteiger partial charge in [0, 0.05) is 26.1 Å². The van der Waals surface area contributed by atoms with E-state index >= 15 is 0 Å². The molecule has 4 heteroatoms. The van der Waals surface area contributed by atoms with Gasteiger partial charge in [-0.15, -0.1) is 0 Å². The molecule has 116 valence electrons. The van der Waals surface area contributed by atoms with Crippen molar-refractivity contribution in [1.82, 2.24) is 9.97 Å². The zero-order chi connectivity index (χ0) is 15.0. The van der Waals surface area contributed by atoms with Gasteiger partial charge in [0.15, 0.2) is 0 Å². The zero-order valence-electron chi connectivity index (χ0n) is 13.5. The van der Waals surface area contributed by atoms with E-state index in [0.29, 0.717) is 12.5 Å². The molecule has 3 rings (SSSR count). The number of aromatic nitrogens is 2. The first-order valence-electron chi connectivity index (χ1n) is 8.35. The number of fused-ring (bicyclic) bond motifs is 2. The molecule has 1 heterocycles. The van der Waals surface area contributed by atoms with Crippen LogP contribution in [0.3, 0.4) is 0 Å². The molecule has 0 radical (unpaired) electrons. The predicted molar refractivity (Wildman–Crippen MR) is 86.2 cm³/mol. The molecule has 3 atom stereocenters. The molecule has 2 saturated carbocycles. The van der Waals surface area contributed by atoms with Crippen LogP contribution in [0.15, 0.2) is 6.20 Å². The normalized spacial score (nSPS) is 27.6. The third-order valence-electron chi connectivity index (χ3n) is 5.38. The number of nitrogens with zero attached hydrogens (tertiary/aromatic N) is 3. The van der Waals surface area contributed by atoms with Crippen LogP contribution in [0, 0.1) is 17.8 Å². The Hall–Kier alpha value is -1.16. The van der Waals surface area contributed by atoms with Crippen LogP contribution in [0.1, 0.15) is 57.0 Å². The molecule has 2 aliphatic rings. The summed E-state index contributed by atoms with van der Waals surface area (Å²) in [6.07, 6.45) is 7.75. The zero-order valence-corrected chi connectivity index (χ0v) is 13.5. The van der Waals surface area contributed by atoms with Gasteiger partial charge >= 0.3 is 0 Å². The first-order chi connectivity index (χ1) is 10.1. The molecule has 4 nitrogen and oxygen atoms in total. The van der Waals surface area contributed by atoms with E-state index in [-0.39, 0.29) is 0 Å². The lowest BCUT2D eigenvalue weighted by atomic mass is 9.88. The second kappa shape index (κ2) is 5.91. The third-order valence-corrected chi connectivity index (χ3v) is 5.38. The van der Waals surface area contributed by atoms with Crippen molar-refractivity contribution >= 4 is 5.69 Å². The van der Waals surface area contributed by atoms with E-state index in [1.54, 1.807) is 0 Å². The van der Waals surface area contributed by atoms with E-state index < -0.39 is 0 Å². The van der Waals surface area contributed by atoms with Crippen molar-refractivity contribution in [1.29, 1.82) is 0 Å². The maximum absolute atomic E-state index is 5.91. The van der Waals surface area contributed by atoms with Crippen LogP contribution in [-0.2, 0) is 6.54 Å². The highest BCUT2D eigenvalue weighted by molar-refractivity contribution is 5.48. The van der Waals surface area contributed by atoms with E-state index in [4.69, 9.17) is 5.73 Å². The molecule has 3 unspecified atom stereocenters. The smallest absolute Gasteiger partial charge is 0.131 e. The average Bonchev–Trinajstić information content (AvgIpc) is 3.08. The minimum atomic E-state index is 0.347. The van der Waals surface area contributed by atoms with Crippen LogP contribution in [0.2, 0.25) is 0 Å².